The van der Waals surface area contributed by atoms with E-state index in [2.05, 4.69) is 50.3 Å². The van der Waals surface area contributed by atoms with Crippen molar-refractivity contribution in [2.45, 2.75) is 19.4 Å². The molecule has 0 bridgehead atoms. The van der Waals surface area contributed by atoms with Crippen molar-refractivity contribution in [2.24, 2.45) is 0 Å². The van der Waals surface area contributed by atoms with E-state index in [1.807, 2.05) is 27.8 Å². The van der Waals surface area contributed by atoms with E-state index >= 15 is 0 Å². The smallest absolute Gasteiger partial charge is 0.242 e. The fraction of sp³-hybridized carbons (Fsp3) is 0.409. The molecule has 0 unspecified atom stereocenters. The molecule has 0 spiro atoms. The van der Waals surface area contributed by atoms with Crippen molar-refractivity contribution in [3.05, 3.63) is 48.7 Å². The van der Waals surface area contributed by atoms with E-state index in [0.717, 1.165) is 43.3 Å². The first-order valence-electron chi connectivity index (χ1n) is 10.4. The molecule has 2 fully saturated rings. The van der Waals surface area contributed by atoms with Gasteiger partial charge in [-0.25, -0.2) is 0 Å². The molecule has 2 aromatic heterocycles. The molecule has 29 heavy (non-hydrogen) atoms. The summed E-state index contributed by atoms with van der Waals surface area (Å²) in [4.78, 5) is 19.3. The number of benzene rings is 1. The summed E-state index contributed by atoms with van der Waals surface area (Å²) in [6.45, 7) is 5.54. The molecule has 4 heterocycles. The Labute approximate surface area is 170 Å². The highest BCUT2D eigenvalue weighted by molar-refractivity contribution is 5.83. The summed E-state index contributed by atoms with van der Waals surface area (Å²) in [6.07, 6.45) is 4.47. The third kappa shape index (κ3) is 3.64. The maximum Gasteiger partial charge on any atom is 0.242 e. The lowest BCUT2D eigenvalue weighted by atomic mass is 10.2. The van der Waals surface area contributed by atoms with Gasteiger partial charge in [-0.15, -0.1) is 10.2 Å². The minimum absolute atomic E-state index is 0.168. The lowest BCUT2D eigenvalue weighted by Crippen LogP contribution is -2.49. The van der Waals surface area contributed by atoms with Crippen molar-refractivity contribution in [2.75, 3.05) is 49.1 Å². The highest BCUT2D eigenvalue weighted by atomic mass is 16.2. The average molecular weight is 390 g/mol. The summed E-state index contributed by atoms with van der Waals surface area (Å²) in [5, 5.41) is 10.0. The van der Waals surface area contributed by atoms with Crippen LogP contribution in [0.25, 0.3) is 10.9 Å². The largest absolute Gasteiger partial charge is 0.355 e. The molecular formula is C22H26N6O. The monoisotopic (exact) mass is 390 g/mol. The SMILES string of the molecule is O=C(Cn1ccc2ccccc21)N1CCN(c2ccc(N3CCCC3)nn2)CC1. The van der Waals surface area contributed by atoms with Gasteiger partial charge in [0.25, 0.3) is 0 Å². The number of piperazine rings is 1. The predicted molar refractivity (Wildman–Crippen MR) is 114 cm³/mol. The molecule has 2 saturated heterocycles. The summed E-state index contributed by atoms with van der Waals surface area (Å²) in [7, 11) is 0. The number of amides is 1. The van der Waals surface area contributed by atoms with Crippen molar-refractivity contribution >= 4 is 28.4 Å². The molecule has 7 heteroatoms. The van der Waals surface area contributed by atoms with Gasteiger partial charge in [-0.2, -0.15) is 0 Å². The molecule has 2 aliphatic heterocycles. The third-order valence-electron chi connectivity index (χ3n) is 6.01. The van der Waals surface area contributed by atoms with E-state index in [1.54, 1.807) is 0 Å². The minimum atomic E-state index is 0.168. The van der Waals surface area contributed by atoms with E-state index in [9.17, 15) is 4.79 Å². The van der Waals surface area contributed by atoms with Crippen LogP contribution in [0, 0.1) is 0 Å². The van der Waals surface area contributed by atoms with Gasteiger partial charge in [0.05, 0.1) is 0 Å². The quantitative estimate of drug-likeness (QED) is 0.685. The number of hydrogen-bond acceptors (Lipinski definition) is 5. The summed E-state index contributed by atoms with van der Waals surface area (Å²) >= 11 is 0. The molecule has 0 N–H and O–H groups in total. The molecule has 0 saturated carbocycles. The van der Waals surface area contributed by atoms with Crippen LogP contribution < -0.4 is 9.80 Å². The number of carbonyl (C=O) groups is 1. The molecule has 1 amide bonds. The summed E-state index contributed by atoms with van der Waals surface area (Å²) in [5.74, 6) is 2.04. The van der Waals surface area contributed by atoms with E-state index in [4.69, 9.17) is 0 Å². The van der Waals surface area contributed by atoms with Gasteiger partial charge >= 0.3 is 0 Å². The zero-order valence-electron chi connectivity index (χ0n) is 16.6. The summed E-state index contributed by atoms with van der Waals surface area (Å²) in [5.41, 5.74) is 1.10. The van der Waals surface area contributed by atoms with Crippen molar-refractivity contribution < 1.29 is 4.79 Å². The van der Waals surface area contributed by atoms with Gasteiger partial charge < -0.3 is 19.3 Å². The van der Waals surface area contributed by atoms with Crippen LogP contribution in [-0.4, -0.2) is 64.8 Å². The van der Waals surface area contributed by atoms with Crippen LogP contribution in [0.2, 0.25) is 0 Å². The Morgan fingerprint density at radius 2 is 1.45 bits per heavy atom. The Morgan fingerprint density at radius 3 is 2.14 bits per heavy atom. The van der Waals surface area contributed by atoms with Crippen molar-refractivity contribution in [1.82, 2.24) is 19.7 Å². The molecule has 0 aliphatic carbocycles. The number of fused-ring (bicyclic) bond motifs is 1. The van der Waals surface area contributed by atoms with Gasteiger partial charge in [0.15, 0.2) is 11.6 Å². The number of anilines is 2. The van der Waals surface area contributed by atoms with Gasteiger partial charge in [-0.1, -0.05) is 18.2 Å². The van der Waals surface area contributed by atoms with Crippen molar-refractivity contribution in [1.29, 1.82) is 0 Å². The highest BCUT2D eigenvalue weighted by Gasteiger charge is 2.23. The first-order valence-corrected chi connectivity index (χ1v) is 10.4. The predicted octanol–water partition coefficient (Wildman–Crippen LogP) is 2.38. The number of carbonyl (C=O) groups excluding carboxylic acids is 1. The zero-order chi connectivity index (χ0) is 19.6. The lowest BCUT2D eigenvalue weighted by Gasteiger charge is -2.35. The van der Waals surface area contributed by atoms with Gasteiger partial charge in [-0.05, 0) is 42.5 Å². The number of rotatable bonds is 4. The second-order valence-electron chi connectivity index (χ2n) is 7.81. The second-order valence-corrected chi connectivity index (χ2v) is 7.81. The molecule has 3 aromatic rings. The number of hydrogen-bond donors (Lipinski definition) is 0. The molecule has 0 radical (unpaired) electrons. The van der Waals surface area contributed by atoms with E-state index in [-0.39, 0.29) is 5.91 Å². The van der Waals surface area contributed by atoms with Gasteiger partial charge in [-0.3, -0.25) is 4.79 Å². The lowest BCUT2D eigenvalue weighted by molar-refractivity contribution is -0.132. The van der Waals surface area contributed by atoms with E-state index < -0.39 is 0 Å². The molecule has 7 nitrogen and oxygen atoms in total. The molecular weight excluding hydrogens is 364 g/mol. The summed E-state index contributed by atoms with van der Waals surface area (Å²) < 4.78 is 2.03. The van der Waals surface area contributed by atoms with Crippen LogP contribution in [0.15, 0.2) is 48.7 Å². The van der Waals surface area contributed by atoms with Gasteiger partial charge in [0.1, 0.15) is 6.54 Å². The van der Waals surface area contributed by atoms with E-state index in [0.29, 0.717) is 19.6 Å². The third-order valence-corrected chi connectivity index (χ3v) is 6.01. The fourth-order valence-corrected chi connectivity index (χ4v) is 4.31. The Balaban J connectivity index is 1.18. The molecule has 2 aliphatic rings. The molecule has 0 atom stereocenters. The summed E-state index contributed by atoms with van der Waals surface area (Å²) in [6, 6.07) is 14.4. The Bertz CT molecular complexity index is 984. The maximum absolute atomic E-state index is 12.8. The molecule has 1 aromatic carbocycles. The minimum Gasteiger partial charge on any atom is -0.355 e. The number of para-hydroxylation sites is 1. The van der Waals surface area contributed by atoms with Gasteiger partial charge in [0, 0.05) is 51.0 Å². The molecule has 5 rings (SSSR count). The van der Waals surface area contributed by atoms with Crippen molar-refractivity contribution in [3.8, 4) is 0 Å². The topological polar surface area (TPSA) is 57.5 Å². The van der Waals surface area contributed by atoms with Crippen LogP contribution >= 0.6 is 0 Å². The standard InChI is InChI=1S/C22H26N6O/c29-22(17-28-12-9-18-5-1-2-6-19(18)28)27-15-13-26(14-16-27)21-8-7-20(23-24-21)25-10-3-4-11-25/h1-2,5-9,12H,3-4,10-11,13-17H2. The number of nitrogens with zero attached hydrogens (tertiary/aromatic N) is 6. The van der Waals surface area contributed by atoms with Crippen LogP contribution in [0.4, 0.5) is 11.6 Å². The van der Waals surface area contributed by atoms with Crippen LogP contribution in [0.5, 0.6) is 0 Å². The van der Waals surface area contributed by atoms with Crippen LogP contribution in [-0.2, 0) is 11.3 Å². The van der Waals surface area contributed by atoms with Crippen molar-refractivity contribution in [3.63, 3.8) is 0 Å². The number of aromatic nitrogens is 3. The Morgan fingerprint density at radius 1 is 0.793 bits per heavy atom. The zero-order valence-corrected chi connectivity index (χ0v) is 16.6. The normalized spacial score (nSPS) is 17.3. The van der Waals surface area contributed by atoms with Crippen LogP contribution in [0.1, 0.15) is 12.8 Å². The Hall–Kier alpha value is -3.09. The first kappa shape index (κ1) is 18.0. The molecule has 150 valence electrons. The van der Waals surface area contributed by atoms with E-state index in [1.165, 1.54) is 18.2 Å². The fourth-order valence-electron chi connectivity index (χ4n) is 4.31. The second kappa shape index (κ2) is 7.73. The Kier molecular flexibility index (Phi) is 4.79. The first-order chi connectivity index (χ1) is 14.3. The van der Waals surface area contributed by atoms with Gasteiger partial charge in [0.2, 0.25) is 5.91 Å². The highest BCUT2D eigenvalue weighted by Crippen LogP contribution is 2.20. The average Bonchev–Trinajstić information content (AvgIpc) is 3.45. The van der Waals surface area contributed by atoms with Crippen LogP contribution in [0.3, 0.4) is 0 Å². The maximum atomic E-state index is 12.8.